The highest BCUT2D eigenvalue weighted by Crippen LogP contribution is 2.24. The minimum atomic E-state index is -4.61. The Hall–Kier alpha value is -2.65. The molecule has 1 fully saturated rings. The number of carbonyl (C=O) groups excluding carboxylic acids is 2. The van der Waals surface area contributed by atoms with E-state index in [0.717, 1.165) is 57.8 Å². The Kier molecular flexibility index (Phi) is 39.5. The van der Waals surface area contributed by atoms with Crippen molar-refractivity contribution in [2.75, 3.05) is 19.0 Å². The zero-order valence-electron chi connectivity index (χ0n) is 41.0. The van der Waals surface area contributed by atoms with Gasteiger partial charge in [0, 0.05) is 12.8 Å². The Labute approximate surface area is 400 Å². The molecule has 0 aromatic heterocycles. The maximum atomic E-state index is 12.9. The standard InChI is InChI=1S/C53H92O12S/c1-3-5-7-9-11-13-15-17-19-21-22-23-24-26-27-29-31-33-35-37-39-41-48(54)62-43-46(44-63-53-52(58)51(57)50(56)47(65-53)45-66(59,60)61)64-49(55)42-40-38-36-34-32-30-28-25-20-18-16-14-12-10-8-6-4-2/h14,16,19,21,23-24,27,29,33,35,46-47,50-53,56-58H,3-13,15,17-18,20,22,25-26,28,30-32,34,36-45H2,1-2H3,(H,59,60,61)/b16-14+,21-19+,24-23+,29-27+,35-33+/t46-,47-,50-,51?,52?,53+/m1/s1. The summed E-state index contributed by atoms with van der Waals surface area (Å²) in [5.74, 6) is -2.06. The number of unbranched alkanes of at least 4 members (excludes halogenated alkanes) is 21. The van der Waals surface area contributed by atoms with Gasteiger partial charge in [-0.25, -0.2) is 0 Å². The Morgan fingerprint density at radius 3 is 1.42 bits per heavy atom. The summed E-state index contributed by atoms with van der Waals surface area (Å²) in [6.07, 6.45) is 44.1. The van der Waals surface area contributed by atoms with Crippen LogP contribution in [0.2, 0.25) is 0 Å². The smallest absolute Gasteiger partial charge is 0.306 e. The largest absolute Gasteiger partial charge is 0.462 e. The first-order chi connectivity index (χ1) is 32.0. The number of hydrogen-bond acceptors (Lipinski definition) is 11. The zero-order chi connectivity index (χ0) is 48.4. The van der Waals surface area contributed by atoms with Gasteiger partial charge >= 0.3 is 11.9 Å². The van der Waals surface area contributed by atoms with Gasteiger partial charge in [-0.15, -0.1) is 0 Å². The summed E-state index contributed by atoms with van der Waals surface area (Å²) < 4.78 is 54.2. The van der Waals surface area contributed by atoms with E-state index >= 15 is 0 Å². The minimum absolute atomic E-state index is 0.141. The predicted octanol–water partition coefficient (Wildman–Crippen LogP) is 11.7. The van der Waals surface area contributed by atoms with Crippen molar-refractivity contribution in [2.24, 2.45) is 0 Å². The molecule has 0 bridgehead atoms. The van der Waals surface area contributed by atoms with Gasteiger partial charge in [0.1, 0.15) is 36.8 Å². The molecule has 4 N–H and O–H groups in total. The molecule has 6 atom stereocenters. The Bertz CT molecular complexity index is 1440. The summed E-state index contributed by atoms with van der Waals surface area (Å²) in [6, 6.07) is 0. The van der Waals surface area contributed by atoms with Crippen LogP contribution in [0.3, 0.4) is 0 Å². The Morgan fingerprint density at radius 2 is 0.924 bits per heavy atom. The van der Waals surface area contributed by atoms with Crippen LogP contribution in [0.25, 0.3) is 0 Å². The molecule has 0 saturated carbocycles. The van der Waals surface area contributed by atoms with Crippen LogP contribution in [-0.4, -0.2) is 96.0 Å². The molecule has 1 saturated heterocycles. The van der Waals surface area contributed by atoms with Gasteiger partial charge in [0.2, 0.25) is 0 Å². The van der Waals surface area contributed by atoms with E-state index in [2.05, 4.69) is 68.5 Å². The molecule has 1 heterocycles. The number of hydrogen-bond donors (Lipinski definition) is 4. The summed E-state index contributed by atoms with van der Waals surface area (Å²) in [6.45, 7) is 3.71. The van der Waals surface area contributed by atoms with E-state index in [4.69, 9.17) is 18.9 Å². The van der Waals surface area contributed by atoms with Crippen LogP contribution in [0.5, 0.6) is 0 Å². The first-order valence-corrected chi connectivity index (χ1v) is 27.5. The quantitative estimate of drug-likeness (QED) is 0.0196. The summed E-state index contributed by atoms with van der Waals surface area (Å²) in [5.41, 5.74) is 0. The lowest BCUT2D eigenvalue weighted by atomic mass is 10.00. The second-order valence-electron chi connectivity index (χ2n) is 17.8. The summed E-state index contributed by atoms with van der Waals surface area (Å²) in [7, 11) is -4.61. The van der Waals surface area contributed by atoms with E-state index in [1.165, 1.54) is 103 Å². The molecule has 12 nitrogen and oxygen atoms in total. The van der Waals surface area contributed by atoms with E-state index in [0.29, 0.717) is 19.3 Å². The topological polar surface area (TPSA) is 186 Å². The minimum Gasteiger partial charge on any atom is -0.462 e. The molecule has 66 heavy (non-hydrogen) atoms. The van der Waals surface area contributed by atoms with Gasteiger partial charge in [0.15, 0.2) is 12.4 Å². The molecule has 0 amide bonds. The Morgan fingerprint density at radius 1 is 0.515 bits per heavy atom. The zero-order valence-corrected chi connectivity index (χ0v) is 41.9. The van der Waals surface area contributed by atoms with Gasteiger partial charge in [0.25, 0.3) is 10.1 Å². The highest BCUT2D eigenvalue weighted by atomic mass is 32.2. The average Bonchev–Trinajstić information content (AvgIpc) is 3.28. The number of aliphatic hydroxyl groups is 3. The number of aliphatic hydroxyl groups excluding tert-OH is 3. The molecular weight excluding hydrogens is 861 g/mol. The number of rotatable bonds is 43. The van der Waals surface area contributed by atoms with Crippen molar-refractivity contribution in [2.45, 2.75) is 243 Å². The maximum absolute atomic E-state index is 12.9. The van der Waals surface area contributed by atoms with Crippen LogP contribution in [0.1, 0.15) is 206 Å². The van der Waals surface area contributed by atoms with E-state index in [1.807, 2.05) is 6.08 Å². The van der Waals surface area contributed by atoms with E-state index in [-0.39, 0.29) is 19.4 Å². The normalized spacial score (nSPS) is 19.9. The fraction of sp³-hybridized carbons (Fsp3) is 0.774. The van der Waals surface area contributed by atoms with E-state index < -0.39 is 71.2 Å². The van der Waals surface area contributed by atoms with Crippen molar-refractivity contribution in [1.29, 1.82) is 0 Å². The highest BCUT2D eigenvalue weighted by molar-refractivity contribution is 7.85. The lowest BCUT2D eigenvalue weighted by molar-refractivity contribution is -0.297. The van der Waals surface area contributed by atoms with Gasteiger partial charge in [-0.2, -0.15) is 8.42 Å². The third-order valence-corrected chi connectivity index (χ3v) is 12.3. The first kappa shape index (κ1) is 61.4. The third-order valence-electron chi connectivity index (χ3n) is 11.6. The van der Waals surface area contributed by atoms with E-state index in [1.54, 1.807) is 0 Å². The van der Waals surface area contributed by atoms with Crippen molar-refractivity contribution in [3.8, 4) is 0 Å². The van der Waals surface area contributed by atoms with Crippen LogP contribution < -0.4 is 0 Å². The second-order valence-corrected chi connectivity index (χ2v) is 19.3. The third kappa shape index (κ3) is 36.4. The fourth-order valence-corrected chi connectivity index (χ4v) is 8.24. The van der Waals surface area contributed by atoms with Crippen molar-refractivity contribution in [3.05, 3.63) is 60.8 Å². The number of allylic oxidation sites excluding steroid dienone is 10. The van der Waals surface area contributed by atoms with Gasteiger partial charge in [-0.1, -0.05) is 177 Å². The molecule has 0 radical (unpaired) electrons. The highest BCUT2D eigenvalue weighted by Gasteiger charge is 2.46. The molecule has 0 aromatic rings. The second kappa shape index (κ2) is 42.5. The van der Waals surface area contributed by atoms with Crippen LogP contribution in [-0.2, 0) is 38.7 Å². The van der Waals surface area contributed by atoms with Gasteiger partial charge in [0.05, 0.1) is 6.61 Å². The Balaban J connectivity index is 2.42. The van der Waals surface area contributed by atoms with Crippen molar-refractivity contribution >= 4 is 22.1 Å². The summed E-state index contributed by atoms with van der Waals surface area (Å²) in [4.78, 5) is 25.5. The van der Waals surface area contributed by atoms with Crippen molar-refractivity contribution in [3.63, 3.8) is 0 Å². The van der Waals surface area contributed by atoms with Crippen molar-refractivity contribution in [1.82, 2.24) is 0 Å². The summed E-state index contributed by atoms with van der Waals surface area (Å²) in [5, 5.41) is 31.0. The van der Waals surface area contributed by atoms with Gasteiger partial charge < -0.3 is 34.3 Å². The molecular formula is C53H92O12S. The predicted molar refractivity (Wildman–Crippen MR) is 265 cm³/mol. The van der Waals surface area contributed by atoms with Crippen LogP contribution in [0.4, 0.5) is 0 Å². The van der Waals surface area contributed by atoms with Crippen LogP contribution >= 0.6 is 0 Å². The lowest BCUT2D eigenvalue weighted by Gasteiger charge is -2.40. The van der Waals surface area contributed by atoms with Crippen LogP contribution in [0, 0.1) is 0 Å². The molecule has 0 aromatic carbocycles. The number of ether oxygens (including phenoxy) is 4. The van der Waals surface area contributed by atoms with Crippen LogP contribution in [0.15, 0.2) is 60.8 Å². The molecule has 0 spiro atoms. The SMILES string of the molecule is CCCCCC/C=C/CCCCCCCCCCCC(=O)O[C@H](COC(=O)CCC/C=C/C/C=C/C/C=C/C/C=C/CCCCCCCCC)CO[C@H]1O[C@H](CS(=O)(=O)O)[C@@H](O)C(O)C1O. The molecule has 1 aliphatic rings. The van der Waals surface area contributed by atoms with Gasteiger partial charge in [-0.05, 0) is 77.0 Å². The molecule has 382 valence electrons. The number of esters is 2. The molecule has 1 rings (SSSR count). The molecule has 0 aliphatic carbocycles. The monoisotopic (exact) mass is 953 g/mol. The maximum Gasteiger partial charge on any atom is 0.306 e. The lowest BCUT2D eigenvalue weighted by Crippen LogP contribution is -2.60. The fourth-order valence-electron chi connectivity index (χ4n) is 7.55. The number of carbonyl (C=O) groups is 2. The van der Waals surface area contributed by atoms with E-state index in [9.17, 15) is 37.9 Å². The first-order valence-electron chi connectivity index (χ1n) is 25.8. The molecule has 13 heteroatoms. The van der Waals surface area contributed by atoms with Gasteiger partial charge in [-0.3, -0.25) is 14.1 Å². The van der Waals surface area contributed by atoms with Crippen molar-refractivity contribution < 1.29 is 56.8 Å². The average molecular weight is 953 g/mol. The summed E-state index contributed by atoms with van der Waals surface area (Å²) >= 11 is 0. The molecule has 2 unspecified atom stereocenters. The molecule has 1 aliphatic heterocycles.